The summed E-state index contributed by atoms with van der Waals surface area (Å²) in [6.45, 7) is -0.0946. The second-order valence-corrected chi connectivity index (χ2v) is 8.48. The van der Waals surface area contributed by atoms with Crippen molar-refractivity contribution in [3.8, 4) is 11.5 Å². The van der Waals surface area contributed by atoms with E-state index in [-0.39, 0.29) is 36.3 Å². The summed E-state index contributed by atoms with van der Waals surface area (Å²) in [5, 5.41) is 9.60. The molecule has 200 valence electrons. The molecular formula is C28H27F3N2O5. The van der Waals surface area contributed by atoms with Crippen molar-refractivity contribution in [3.05, 3.63) is 89.0 Å². The number of carboxylic acid groups (broad SMARTS) is 1. The van der Waals surface area contributed by atoms with E-state index in [9.17, 15) is 27.9 Å². The Labute approximate surface area is 217 Å². The second kappa shape index (κ2) is 12.7. The molecule has 10 heteroatoms. The first-order chi connectivity index (χ1) is 18.0. The van der Waals surface area contributed by atoms with E-state index in [1.807, 2.05) is 0 Å². The minimum absolute atomic E-state index is 0.0946. The van der Waals surface area contributed by atoms with Crippen LogP contribution in [-0.2, 0) is 11.2 Å². The van der Waals surface area contributed by atoms with Gasteiger partial charge in [0.25, 0.3) is 0 Å². The monoisotopic (exact) mass is 528 g/mol. The molecule has 0 saturated heterocycles. The van der Waals surface area contributed by atoms with E-state index in [2.05, 4.69) is 0 Å². The minimum atomic E-state index is -4.23. The first-order valence-electron chi connectivity index (χ1n) is 11.7. The highest BCUT2D eigenvalue weighted by Crippen LogP contribution is 2.23. The van der Waals surface area contributed by atoms with Crippen molar-refractivity contribution in [2.75, 3.05) is 18.1 Å². The van der Waals surface area contributed by atoms with Gasteiger partial charge in [-0.1, -0.05) is 12.1 Å². The van der Waals surface area contributed by atoms with Crippen molar-refractivity contribution in [3.63, 3.8) is 0 Å². The van der Waals surface area contributed by atoms with Crippen LogP contribution < -0.4 is 20.9 Å². The van der Waals surface area contributed by atoms with Crippen molar-refractivity contribution < 1.29 is 37.3 Å². The van der Waals surface area contributed by atoms with Crippen LogP contribution in [0.15, 0.2) is 72.3 Å². The summed E-state index contributed by atoms with van der Waals surface area (Å²) in [6, 6.07) is 17.3. The lowest BCUT2D eigenvalue weighted by atomic mass is 10.0. The molecule has 38 heavy (non-hydrogen) atoms. The first-order valence-corrected chi connectivity index (χ1v) is 11.7. The van der Waals surface area contributed by atoms with Gasteiger partial charge in [-0.3, -0.25) is 0 Å². The number of benzene rings is 3. The van der Waals surface area contributed by atoms with E-state index < -0.39 is 24.5 Å². The van der Waals surface area contributed by atoms with Gasteiger partial charge in [-0.25, -0.2) is 9.59 Å². The summed E-state index contributed by atoms with van der Waals surface area (Å²) in [5.41, 5.74) is 14.6. The number of carbonyl (C=O) groups excluding carboxylic acids is 1. The molecule has 0 fully saturated rings. The number of hydrogen-bond donors (Lipinski definition) is 3. The smallest absolute Gasteiger partial charge is 0.389 e. The number of aryl methyl sites for hydroxylation is 1. The van der Waals surface area contributed by atoms with Gasteiger partial charge in [-0.05, 0) is 91.1 Å². The largest absolute Gasteiger partial charge is 0.494 e. The number of hydrogen-bond acceptors (Lipinski definition) is 6. The molecule has 0 radical (unpaired) electrons. The van der Waals surface area contributed by atoms with Crippen LogP contribution in [0.4, 0.5) is 24.5 Å². The fraction of sp³-hybridized carbons (Fsp3) is 0.214. The van der Waals surface area contributed by atoms with Crippen LogP contribution in [-0.4, -0.2) is 29.8 Å². The number of nitrogen functional groups attached to an aromatic ring is 2. The van der Waals surface area contributed by atoms with Gasteiger partial charge < -0.3 is 26.0 Å². The van der Waals surface area contributed by atoms with E-state index in [4.69, 9.17) is 20.9 Å². The lowest BCUT2D eigenvalue weighted by Gasteiger charge is -2.09. The van der Waals surface area contributed by atoms with Gasteiger partial charge in [0, 0.05) is 23.4 Å². The van der Waals surface area contributed by atoms with E-state index in [1.54, 1.807) is 30.3 Å². The molecule has 3 aromatic carbocycles. The van der Waals surface area contributed by atoms with Crippen LogP contribution in [0.5, 0.6) is 11.5 Å². The molecule has 0 aliphatic carbocycles. The fourth-order valence-electron chi connectivity index (χ4n) is 3.50. The lowest BCUT2D eigenvalue weighted by molar-refractivity contribution is -0.136. The third-order valence-corrected chi connectivity index (χ3v) is 5.50. The van der Waals surface area contributed by atoms with Gasteiger partial charge in [0.2, 0.25) is 0 Å². The summed E-state index contributed by atoms with van der Waals surface area (Å²) in [6.07, 6.45) is -3.14. The molecular weight excluding hydrogens is 501 g/mol. The van der Waals surface area contributed by atoms with E-state index in [1.165, 1.54) is 42.5 Å². The van der Waals surface area contributed by atoms with E-state index in [0.29, 0.717) is 29.1 Å². The normalized spacial score (nSPS) is 11.7. The van der Waals surface area contributed by atoms with Crippen molar-refractivity contribution >= 4 is 29.4 Å². The maximum Gasteiger partial charge on any atom is 0.389 e. The number of rotatable bonds is 11. The number of nitrogens with two attached hydrogens (primary N) is 2. The Bertz CT molecular complexity index is 1290. The standard InChI is InChI=1S/C28H27F3N2O5/c29-28(30,31)14-1-15-37-23-11-6-19(7-12-23)27(36)38-24-9-2-18(3-10-24)16-21(26(34)35)5-4-20-17-22(32)8-13-25(20)33/h2-3,6-13,16-17H,1,4-5,14-15,32-33H2,(H,34,35)/b21-16+. The highest BCUT2D eigenvalue weighted by molar-refractivity contribution is 5.92. The summed E-state index contributed by atoms with van der Waals surface area (Å²) < 4.78 is 47.2. The summed E-state index contributed by atoms with van der Waals surface area (Å²) in [7, 11) is 0. The highest BCUT2D eigenvalue weighted by atomic mass is 19.4. The molecule has 5 N–H and O–H groups in total. The highest BCUT2D eigenvalue weighted by Gasteiger charge is 2.26. The van der Waals surface area contributed by atoms with Crippen LogP contribution in [0.1, 0.15) is 40.7 Å². The molecule has 0 bridgehead atoms. The van der Waals surface area contributed by atoms with Crippen LogP contribution in [0.3, 0.4) is 0 Å². The third-order valence-electron chi connectivity index (χ3n) is 5.50. The number of halogens is 3. The van der Waals surface area contributed by atoms with Crippen molar-refractivity contribution in [1.29, 1.82) is 0 Å². The number of carbonyl (C=O) groups is 2. The van der Waals surface area contributed by atoms with Crippen LogP contribution in [0.25, 0.3) is 6.08 Å². The zero-order valence-electron chi connectivity index (χ0n) is 20.3. The minimum Gasteiger partial charge on any atom is -0.494 e. The zero-order chi connectivity index (χ0) is 27.7. The molecule has 3 aromatic rings. The molecule has 0 aromatic heterocycles. The maximum atomic E-state index is 12.4. The number of carboxylic acids is 1. The number of ether oxygens (including phenoxy) is 2. The molecule has 0 aliphatic heterocycles. The van der Waals surface area contributed by atoms with Crippen molar-refractivity contribution in [2.45, 2.75) is 31.9 Å². The van der Waals surface area contributed by atoms with E-state index >= 15 is 0 Å². The van der Waals surface area contributed by atoms with Gasteiger partial charge in [0.05, 0.1) is 12.2 Å². The molecule has 0 atom stereocenters. The van der Waals surface area contributed by atoms with Crippen molar-refractivity contribution in [2.24, 2.45) is 0 Å². The van der Waals surface area contributed by atoms with Crippen molar-refractivity contribution in [1.82, 2.24) is 0 Å². The van der Waals surface area contributed by atoms with Gasteiger partial charge in [0.1, 0.15) is 11.5 Å². The summed E-state index contributed by atoms with van der Waals surface area (Å²) in [5.74, 6) is -1.10. The molecule has 0 saturated carbocycles. The van der Waals surface area contributed by atoms with Gasteiger partial charge >= 0.3 is 18.1 Å². The molecule has 0 aliphatic rings. The Balaban J connectivity index is 1.56. The average molecular weight is 529 g/mol. The fourth-order valence-corrected chi connectivity index (χ4v) is 3.50. The Hall–Kier alpha value is -4.47. The topological polar surface area (TPSA) is 125 Å². The SMILES string of the molecule is Nc1ccc(N)c(CC/C(=C\c2ccc(OC(=O)c3ccc(OCCCC(F)(F)F)cc3)cc2)C(=O)O)c1. The predicted molar refractivity (Wildman–Crippen MR) is 138 cm³/mol. The van der Waals surface area contributed by atoms with Gasteiger partial charge in [-0.2, -0.15) is 13.2 Å². The average Bonchev–Trinajstić information content (AvgIpc) is 2.87. The molecule has 3 rings (SSSR count). The Morgan fingerprint density at radius 2 is 1.58 bits per heavy atom. The molecule has 7 nitrogen and oxygen atoms in total. The quantitative estimate of drug-likeness (QED) is 0.0931. The van der Waals surface area contributed by atoms with Crippen LogP contribution >= 0.6 is 0 Å². The Morgan fingerprint density at radius 1 is 0.921 bits per heavy atom. The zero-order valence-corrected chi connectivity index (χ0v) is 20.3. The number of aliphatic carboxylic acids is 1. The molecule has 0 spiro atoms. The van der Waals surface area contributed by atoms with Crippen LogP contribution in [0.2, 0.25) is 0 Å². The number of alkyl halides is 3. The van der Waals surface area contributed by atoms with Gasteiger partial charge in [-0.15, -0.1) is 0 Å². The summed E-state index contributed by atoms with van der Waals surface area (Å²) in [4.78, 5) is 24.2. The Morgan fingerprint density at radius 3 is 2.21 bits per heavy atom. The van der Waals surface area contributed by atoms with Gasteiger partial charge in [0.15, 0.2) is 0 Å². The van der Waals surface area contributed by atoms with Crippen LogP contribution in [0, 0.1) is 0 Å². The molecule has 0 heterocycles. The number of anilines is 2. The summed E-state index contributed by atoms with van der Waals surface area (Å²) >= 11 is 0. The number of esters is 1. The molecule has 0 amide bonds. The lowest BCUT2D eigenvalue weighted by Crippen LogP contribution is -2.10. The second-order valence-electron chi connectivity index (χ2n) is 8.48. The Kier molecular flexibility index (Phi) is 9.37. The third kappa shape index (κ3) is 8.88. The van der Waals surface area contributed by atoms with E-state index in [0.717, 1.165) is 5.56 Å². The first kappa shape index (κ1) is 28.1. The molecule has 0 unspecified atom stereocenters. The predicted octanol–water partition coefficient (Wildman–Crippen LogP) is 5.89. The maximum absolute atomic E-state index is 12.4.